The molecule has 0 bridgehead atoms. The highest BCUT2D eigenvalue weighted by atomic mass is 16.7. The van der Waals surface area contributed by atoms with Gasteiger partial charge in [-0.25, -0.2) is 0 Å². The Morgan fingerprint density at radius 2 is 1.70 bits per heavy atom. The van der Waals surface area contributed by atoms with Gasteiger partial charge in [0.05, 0.1) is 39.1 Å². The average Bonchev–Trinajstić information content (AvgIpc) is 3.14. The topological polar surface area (TPSA) is 52.0 Å². The molecular weight excluding hydrogens is 340 g/mol. The molecule has 2 N–H and O–H groups in total. The number of piperidine rings is 1. The van der Waals surface area contributed by atoms with Crippen LogP contribution in [0.3, 0.4) is 0 Å². The Bertz CT molecular complexity index is 623. The Labute approximate surface area is 162 Å². The number of rotatable bonds is 4. The number of ether oxygens (including phenoxy) is 2. The van der Waals surface area contributed by atoms with Crippen molar-refractivity contribution in [1.82, 2.24) is 5.32 Å². The summed E-state index contributed by atoms with van der Waals surface area (Å²) in [6.45, 7) is 5.28. The number of hydrogen-bond donors (Lipinski definition) is 2. The molecule has 1 aromatic rings. The third-order valence-corrected chi connectivity index (χ3v) is 6.50. The third-order valence-electron chi connectivity index (χ3n) is 6.50. The summed E-state index contributed by atoms with van der Waals surface area (Å²) in [5.74, 6) is -0.203. The predicted molar refractivity (Wildman–Crippen MR) is 104 cm³/mol. The molecule has 1 spiro atoms. The Hall–Kier alpha value is -1.43. The lowest BCUT2D eigenvalue weighted by molar-refractivity contribution is -0.930. The van der Waals surface area contributed by atoms with Crippen LogP contribution in [0.2, 0.25) is 0 Å². The second-order valence-corrected chi connectivity index (χ2v) is 8.45. The number of benzene rings is 1. The van der Waals surface area contributed by atoms with Gasteiger partial charge in [0.2, 0.25) is 0 Å². The number of nitrogens with one attached hydrogen (secondary N) is 2. The summed E-state index contributed by atoms with van der Waals surface area (Å²) in [5.41, 5.74) is 2.35. The maximum absolute atomic E-state index is 13.3. The molecule has 5 heteroatoms. The molecule has 0 aromatic heterocycles. The largest absolute Gasteiger partial charge is 0.348 e. The van der Waals surface area contributed by atoms with E-state index in [0.29, 0.717) is 19.3 Å². The minimum atomic E-state index is -0.388. The highest BCUT2D eigenvalue weighted by Gasteiger charge is 2.45. The highest BCUT2D eigenvalue weighted by Crippen LogP contribution is 2.28. The van der Waals surface area contributed by atoms with Gasteiger partial charge in [-0.05, 0) is 19.8 Å². The van der Waals surface area contributed by atoms with Gasteiger partial charge >= 0.3 is 0 Å². The zero-order valence-electron chi connectivity index (χ0n) is 16.5. The average molecular weight is 374 g/mol. The molecule has 1 aromatic carbocycles. The standard InChI is InChI=1S/C22H32N2O3/c1-17-7-9-18(10-8-17)20(21(25)23-19-5-3-2-4-6-19)24-13-11-22(12-14-24)26-15-16-27-22/h7-10,19-20H,2-6,11-16H2,1H3,(H,23,25)/p+1. The van der Waals surface area contributed by atoms with Crippen molar-refractivity contribution in [2.45, 2.75) is 69.7 Å². The zero-order chi connectivity index (χ0) is 18.7. The normalized spacial score (nSPS) is 24.8. The van der Waals surface area contributed by atoms with Gasteiger partial charge in [0.15, 0.2) is 11.8 Å². The minimum absolute atomic E-state index is 0.147. The van der Waals surface area contributed by atoms with E-state index < -0.39 is 0 Å². The van der Waals surface area contributed by atoms with Gasteiger partial charge in [0.1, 0.15) is 0 Å². The number of carbonyl (C=O) groups excluding carboxylic acids is 1. The van der Waals surface area contributed by atoms with Gasteiger partial charge in [-0.2, -0.15) is 0 Å². The number of aryl methyl sites for hydroxylation is 1. The van der Waals surface area contributed by atoms with Crippen molar-refractivity contribution in [2.75, 3.05) is 26.3 Å². The number of amides is 1. The first-order valence-electron chi connectivity index (χ1n) is 10.6. The fraction of sp³-hybridized carbons (Fsp3) is 0.682. The number of carbonyl (C=O) groups is 1. The molecule has 5 nitrogen and oxygen atoms in total. The molecule has 0 radical (unpaired) electrons. The van der Waals surface area contributed by atoms with Crippen molar-refractivity contribution in [2.24, 2.45) is 0 Å². The lowest BCUT2D eigenvalue weighted by Gasteiger charge is -2.38. The van der Waals surface area contributed by atoms with Crippen LogP contribution in [0.1, 0.15) is 62.1 Å². The lowest BCUT2D eigenvalue weighted by Crippen LogP contribution is -3.15. The van der Waals surface area contributed by atoms with Crippen LogP contribution in [0.25, 0.3) is 0 Å². The van der Waals surface area contributed by atoms with Gasteiger partial charge < -0.3 is 19.7 Å². The van der Waals surface area contributed by atoms with Crippen molar-refractivity contribution < 1.29 is 19.2 Å². The quantitative estimate of drug-likeness (QED) is 0.848. The van der Waals surface area contributed by atoms with Gasteiger partial charge in [0, 0.05) is 11.6 Å². The summed E-state index contributed by atoms with van der Waals surface area (Å²) in [6.07, 6.45) is 7.72. The fourth-order valence-corrected chi connectivity index (χ4v) is 4.89. The van der Waals surface area contributed by atoms with Crippen molar-refractivity contribution in [1.29, 1.82) is 0 Å². The molecule has 1 saturated carbocycles. The van der Waals surface area contributed by atoms with Crippen LogP contribution < -0.4 is 10.2 Å². The van der Waals surface area contributed by atoms with E-state index in [1.807, 2.05) is 0 Å². The van der Waals surface area contributed by atoms with E-state index >= 15 is 0 Å². The van der Waals surface area contributed by atoms with Gasteiger partial charge in [-0.15, -0.1) is 0 Å². The van der Waals surface area contributed by atoms with Crippen molar-refractivity contribution in [3.05, 3.63) is 35.4 Å². The second kappa shape index (κ2) is 8.29. The molecule has 27 heavy (non-hydrogen) atoms. The summed E-state index contributed by atoms with van der Waals surface area (Å²) in [6, 6.07) is 8.68. The molecule has 148 valence electrons. The summed E-state index contributed by atoms with van der Waals surface area (Å²) < 4.78 is 11.8. The van der Waals surface area contributed by atoms with Gasteiger partial charge in [-0.1, -0.05) is 49.1 Å². The molecule has 2 heterocycles. The Kier molecular flexibility index (Phi) is 5.81. The van der Waals surface area contributed by atoms with E-state index in [1.165, 1.54) is 29.7 Å². The molecular formula is C22H33N2O3+. The van der Waals surface area contributed by atoms with E-state index in [-0.39, 0.29) is 17.7 Å². The predicted octanol–water partition coefficient (Wildman–Crippen LogP) is 1.91. The smallest absolute Gasteiger partial charge is 0.283 e. The summed E-state index contributed by atoms with van der Waals surface area (Å²) >= 11 is 0. The molecule has 2 aliphatic heterocycles. The van der Waals surface area contributed by atoms with Crippen LogP contribution in [-0.4, -0.2) is 44.0 Å². The third kappa shape index (κ3) is 4.36. The summed E-state index contributed by atoms with van der Waals surface area (Å²) in [5, 5.41) is 3.37. The Morgan fingerprint density at radius 1 is 1.07 bits per heavy atom. The molecule has 2 saturated heterocycles. The Balaban J connectivity index is 1.49. The van der Waals surface area contributed by atoms with Crippen LogP contribution >= 0.6 is 0 Å². The fourth-order valence-electron chi connectivity index (χ4n) is 4.89. The first-order chi connectivity index (χ1) is 13.2. The van der Waals surface area contributed by atoms with E-state index in [0.717, 1.165) is 44.3 Å². The van der Waals surface area contributed by atoms with Crippen molar-refractivity contribution in [3.8, 4) is 0 Å². The molecule has 4 rings (SSSR count). The number of quaternary nitrogens is 1. The van der Waals surface area contributed by atoms with Crippen LogP contribution in [0, 0.1) is 6.92 Å². The van der Waals surface area contributed by atoms with Crippen LogP contribution in [0.15, 0.2) is 24.3 Å². The Morgan fingerprint density at radius 3 is 2.33 bits per heavy atom. The second-order valence-electron chi connectivity index (χ2n) is 8.45. The monoisotopic (exact) mass is 373 g/mol. The summed E-state index contributed by atoms with van der Waals surface area (Å²) in [7, 11) is 0. The maximum atomic E-state index is 13.3. The highest BCUT2D eigenvalue weighted by molar-refractivity contribution is 5.82. The van der Waals surface area contributed by atoms with E-state index in [4.69, 9.17) is 9.47 Å². The maximum Gasteiger partial charge on any atom is 0.283 e. The van der Waals surface area contributed by atoms with Crippen LogP contribution in [-0.2, 0) is 14.3 Å². The lowest BCUT2D eigenvalue weighted by atomic mass is 9.94. The molecule has 3 fully saturated rings. The van der Waals surface area contributed by atoms with Crippen molar-refractivity contribution >= 4 is 5.91 Å². The minimum Gasteiger partial charge on any atom is -0.348 e. The van der Waals surface area contributed by atoms with Gasteiger partial charge in [0.25, 0.3) is 5.91 Å². The first kappa shape index (κ1) is 18.9. The van der Waals surface area contributed by atoms with E-state index in [1.54, 1.807) is 0 Å². The van der Waals surface area contributed by atoms with Crippen LogP contribution in [0.4, 0.5) is 0 Å². The molecule has 1 aliphatic carbocycles. The zero-order valence-corrected chi connectivity index (χ0v) is 16.5. The first-order valence-corrected chi connectivity index (χ1v) is 10.6. The van der Waals surface area contributed by atoms with Crippen LogP contribution in [0.5, 0.6) is 0 Å². The van der Waals surface area contributed by atoms with Crippen molar-refractivity contribution in [3.63, 3.8) is 0 Å². The summed E-state index contributed by atoms with van der Waals surface area (Å²) in [4.78, 5) is 14.6. The molecule has 1 amide bonds. The molecule has 3 aliphatic rings. The SMILES string of the molecule is Cc1ccc(C(C(=O)NC2CCCCC2)[NH+]2CCC3(CC2)OCCO3)cc1. The number of likely N-dealkylation sites (tertiary alicyclic amines) is 1. The van der Waals surface area contributed by atoms with E-state index in [9.17, 15) is 4.79 Å². The molecule has 1 atom stereocenters. The van der Waals surface area contributed by atoms with Gasteiger partial charge in [-0.3, -0.25) is 4.79 Å². The molecule has 1 unspecified atom stereocenters. The number of hydrogen-bond acceptors (Lipinski definition) is 3. The van der Waals surface area contributed by atoms with E-state index in [2.05, 4.69) is 36.5 Å².